The van der Waals surface area contributed by atoms with Gasteiger partial charge < -0.3 is 14.1 Å². The standard InChI is InChI=1S/C30H20N2O3/c1-32-25(21-11-10-17-6-2-3-7-18(17)12-21)16-26-30(32)31-27(35-26)15-24-28(33)22-13-19-8-4-5-9-20(19)14-23(22)29(24)34/h2-16,28,33H,1H3/b24-15-. The molecule has 0 saturated heterocycles. The van der Waals surface area contributed by atoms with Gasteiger partial charge in [0.05, 0.1) is 5.69 Å². The molecule has 1 aliphatic carbocycles. The van der Waals surface area contributed by atoms with E-state index in [1.165, 1.54) is 10.8 Å². The lowest BCUT2D eigenvalue weighted by Crippen LogP contribution is -1.99. The summed E-state index contributed by atoms with van der Waals surface area (Å²) in [5, 5.41) is 15.2. The summed E-state index contributed by atoms with van der Waals surface area (Å²) in [4.78, 5) is 17.7. The second-order valence-electron chi connectivity index (χ2n) is 9.01. The second-order valence-corrected chi connectivity index (χ2v) is 9.01. The van der Waals surface area contributed by atoms with Crippen LogP contribution in [0.15, 0.2) is 94.9 Å². The molecule has 0 bridgehead atoms. The van der Waals surface area contributed by atoms with E-state index in [2.05, 4.69) is 35.3 Å². The number of hydrogen-bond donors (Lipinski definition) is 1. The minimum absolute atomic E-state index is 0.197. The summed E-state index contributed by atoms with van der Waals surface area (Å²) in [5.41, 5.74) is 4.80. The number of aliphatic hydroxyl groups excluding tert-OH is 1. The number of hydrogen-bond acceptors (Lipinski definition) is 4. The number of aromatic nitrogens is 2. The second kappa shape index (κ2) is 7.26. The molecular weight excluding hydrogens is 436 g/mol. The van der Waals surface area contributed by atoms with Gasteiger partial charge in [0.2, 0.25) is 5.89 Å². The van der Waals surface area contributed by atoms with E-state index in [1.807, 2.05) is 66.2 Å². The molecule has 0 fully saturated rings. The van der Waals surface area contributed by atoms with Gasteiger partial charge in [0.1, 0.15) is 6.10 Å². The Balaban J connectivity index is 1.27. The molecule has 0 radical (unpaired) electrons. The lowest BCUT2D eigenvalue weighted by Gasteiger charge is -2.06. The summed E-state index contributed by atoms with van der Waals surface area (Å²) in [6.07, 6.45) is 0.554. The SMILES string of the molecule is Cn1c(-c2ccc3ccccc3c2)cc2oc(/C=C3\C(=O)c4cc5ccccc5cc4C3O)nc21. The Morgan fingerprint density at radius 2 is 1.57 bits per heavy atom. The number of ketones is 1. The van der Waals surface area contributed by atoms with Crippen molar-refractivity contribution in [3.63, 3.8) is 0 Å². The van der Waals surface area contributed by atoms with Crippen molar-refractivity contribution in [3.8, 4) is 11.3 Å². The summed E-state index contributed by atoms with van der Waals surface area (Å²) >= 11 is 0. The molecule has 2 heterocycles. The van der Waals surface area contributed by atoms with Crippen LogP contribution < -0.4 is 0 Å². The molecule has 0 aliphatic heterocycles. The number of benzene rings is 4. The van der Waals surface area contributed by atoms with E-state index in [9.17, 15) is 9.90 Å². The molecule has 0 amide bonds. The third kappa shape index (κ3) is 2.99. The number of carbonyl (C=O) groups excluding carboxylic acids is 1. The van der Waals surface area contributed by atoms with Gasteiger partial charge in [-0.05, 0) is 50.9 Å². The van der Waals surface area contributed by atoms with Crippen LogP contribution >= 0.6 is 0 Å². The van der Waals surface area contributed by atoms with Gasteiger partial charge in [-0.1, -0.05) is 60.7 Å². The molecule has 2 aromatic heterocycles. The Morgan fingerprint density at radius 1 is 0.886 bits per heavy atom. The van der Waals surface area contributed by atoms with Crippen molar-refractivity contribution in [1.29, 1.82) is 0 Å². The maximum atomic E-state index is 13.1. The van der Waals surface area contributed by atoms with Gasteiger partial charge >= 0.3 is 0 Å². The Labute approximate surface area is 200 Å². The Hall–Kier alpha value is -4.48. The van der Waals surface area contributed by atoms with Crippen LogP contribution in [0.4, 0.5) is 0 Å². The summed E-state index contributed by atoms with van der Waals surface area (Å²) in [6, 6.07) is 28.1. The first-order chi connectivity index (χ1) is 17.1. The maximum Gasteiger partial charge on any atom is 0.222 e. The average Bonchev–Trinajstić information content (AvgIpc) is 3.50. The van der Waals surface area contributed by atoms with E-state index < -0.39 is 6.10 Å². The Bertz CT molecular complexity index is 1850. The number of rotatable bonds is 2. The highest BCUT2D eigenvalue weighted by molar-refractivity contribution is 6.17. The molecule has 1 atom stereocenters. The van der Waals surface area contributed by atoms with Crippen LogP contribution in [0.25, 0.3) is 50.1 Å². The average molecular weight is 457 g/mol. The van der Waals surface area contributed by atoms with Crippen LogP contribution in [-0.4, -0.2) is 20.4 Å². The van der Waals surface area contributed by atoms with Gasteiger partial charge in [0, 0.05) is 30.3 Å². The van der Waals surface area contributed by atoms with Crippen LogP contribution in [-0.2, 0) is 7.05 Å². The summed E-state index contributed by atoms with van der Waals surface area (Å²) < 4.78 is 7.99. The normalized spacial score (nSPS) is 16.7. The van der Waals surface area contributed by atoms with Gasteiger partial charge in [0.25, 0.3) is 0 Å². The van der Waals surface area contributed by atoms with Gasteiger partial charge in [0.15, 0.2) is 17.0 Å². The number of fused-ring (bicyclic) bond motifs is 4. The number of aryl methyl sites for hydroxylation is 1. The number of nitrogens with zero attached hydrogens (tertiary/aromatic N) is 2. The van der Waals surface area contributed by atoms with Gasteiger partial charge in [-0.2, -0.15) is 4.98 Å². The zero-order valence-electron chi connectivity index (χ0n) is 18.9. The molecule has 0 saturated carbocycles. The fraction of sp³-hybridized carbons (Fsp3) is 0.0667. The van der Waals surface area contributed by atoms with Crippen molar-refractivity contribution in [3.05, 3.63) is 108 Å². The van der Waals surface area contributed by atoms with E-state index in [0.717, 1.165) is 22.0 Å². The minimum Gasteiger partial charge on any atom is -0.435 e. The van der Waals surface area contributed by atoms with Crippen LogP contribution in [0.1, 0.15) is 27.9 Å². The molecule has 35 heavy (non-hydrogen) atoms. The highest BCUT2D eigenvalue weighted by atomic mass is 16.3. The first kappa shape index (κ1) is 19.9. The molecular formula is C30H20N2O3. The largest absolute Gasteiger partial charge is 0.435 e. The van der Waals surface area contributed by atoms with Crippen LogP contribution in [0.3, 0.4) is 0 Å². The molecule has 0 spiro atoms. The first-order valence-corrected chi connectivity index (χ1v) is 11.5. The molecule has 5 nitrogen and oxygen atoms in total. The molecule has 1 aliphatic rings. The van der Waals surface area contributed by atoms with Crippen molar-refractivity contribution in [2.24, 2.45) is 7.05 Å². The topological polar surface area (TPSA) is 68.3 Å². The van der Waals surface area contributed by atoms with Crippen molar-refractivity contribution < 1.29 is 14.3 Å². The molecule has 7 rings (SSSR count). The predicted octanol–water partition coefficient (Wildman–Crippen LogP) is 6.45. The zero-order valence-corrected chi connectivity index (χ0v) is 18.9. The van der Waals surface area contributed by atoms with Crippen molar-refractivity contribution in [2.75, 3.05) is 0 Å². The van der Waals surface area contributed by atoms with Crippen molar-refractivity contribution in [2.45, 2.75) is 6.10 Å². The summed E-state index contributed by atoms with van der Waals surface area (Å²) in [5.74, 6) is 0.104. The van der Waals surface area contributed by atoms with E-state index in [0.29, 0.717) is 28.2 Å². The highest BCUT2D eigenvalue weighted by Crippen LogP contribution is 2.39. The number of carbonyl (C=O) groups is 1. The molecule has 4 aromatic carbocycles. The predicted molar refractivity (Wildman–Crippen MR) is 137 cm³/mol. The van der Waals surface area contributed by atoms with E-state index in [-0.39, 0.29) is 11.4 Å². The zero-order chi connectivity index (χ0) is 23.7. The molecule has 6 aromatic rings. The fourth-order valence-corrected chi connectivity index (χ4v) is 5.10. The van der Waals surface area contributed by atoms with Gasteiger partial charge in [-0.25, -0.2) is 0 Å². The number of Topliss-reactive ketones (excluding diaryl/α,β-unsaturated/α-hetero) is 1. The maximum absolute atomic E-state index is 13.1. The van der Waals surface area contributed by atoms with E-state index >= 15 is 0 Å². The van der Waals surface area contributed by atoms with Crippen LogP contribution in [0, 0.1) is 0 Å². The quantitative estimate of drug-likeness (QED) is 0.304. The Morgan fingerprint density at radius 3 is 2.31 bits per heavy atom. The van der Waals surface area contributed by atoms with Crippen molar-refractivity contribution >= 4 is 44.6 Å². The van der Waals surface area contributed by atoms with E-state index in [1.54, 1.807) is 6.08 Å². The minimum atomic E-state index is -1.01. The van der Waals surface area contributed by atoms with Crippen LogP contribution in [0.5, 0.6) is 0 Å². The lowest BCUT2D eigenvalue weighted by molar-refractivity contribution is 0.102. The van der Waals surface area contributed by atoms with E-state index in [4.69, 9.17) is 4.42 Å². The summed E-state index contributed by atoms with van der Waals surface area (Å²) in [7, 11) is 1.95. The monoisotopic (exact) mass is 456 g/mol. The number of oxazole rings is 1. The van der Waals surface area contributed by atoms with Gasteiger partial charge in [-0.3, -0.25) is 4.79 Å². The highest BCUT2D eigenvalue weighted by Gasteiger charge is 2.34. The number of aliphatic hydroxyl groups is 1. The smallest absolute Gasteiger partial charge is 0.222 e. The van der Waals surface area contributed by atoms with Gasteiger partial charge in [-0.15, -0.1) is 0 Å². The summed E-state index contributed by atoms with van der Waals surface area (Å²) in [6.45, 7) is 0. The molecule has 1 unspecified atom stereocenters. The molecule has 168 valence electrons. The Kier molecular flexibility index (Phi) is 4.13. The van der Waals surface area contributed by atoms with Crippen LogP contribution in [0.2, 0.25) is 0 Å². The fourth-order valence-electron chi connectivity index (χ4n) is 5.10. The molecule has 5 heteroatoms. The third-order valence-electron chi connectivity index (χ3n) is 6.94. The molecule has 1 N–H and O–H groups in total. The first-order valence-electron chi connectivity index (χ1n) is 11.5. The lowest BCUT2D eigenvalue weighted by atomic mass is 10.0. The van der Waals surface area contributed by atoms with Crippen molar-refractivity contribution in [1.82, 2.24) is 9.55 Å². The third-order valence-corrected chi connectivity index (χ3v) is 6.94.